The molecular weight excluding hydrogens is 546 g/mol. The highest BCUT2D eigenvalue weighted by Crippen LogP contribution is 2.30. The van der Waals surface area contributed by atoms with Crippen LogP contribution in [0.25, 0.3) is 33.4 Å². The van der Waals surface area contributed by atoms with Crippen molar-refractivity contribution in [3.05, 3.63) is 130 Å². The van der Waals surface area contributed by atoms with Gasteiger partial charge in [-0.25, -0.2) is 9.37 Å². The standard InChI is InChI=1S/C33H25F4N3O2/c1-20-2-6-22(7-3-20)25-15-27(32(38)39-16-25)23-8-4-21(5-9-23)14-30(41)29-18-40(19-33(35,36)37)17-28(31(29)42)24-10-12-26(34)13-11-24/h2-13,15-18H,14,19H2,1H3,(H2,38,39). The first-order chi connectivity index (χ1) is 20.0. The lowest BCUT2D eigenvalue weighted by Gasteiger charge is -2.14. The number of carbonyl (C=O) groups is 1. The van der Waals surface area contributed by atoms with Crippen LogP contribution in [0.1, 0.15) is 21.5 Å². The normalized spacial score (nSPS) is 11.5. The Hall–Kier alpha value is -5.05. The van der Waals surface area contributed by atoms with E-state index in [-0.39, 0.29) is 23.1 Å². The Morgan fingerprint density at radius 1 is 0.833 bits per heavy atom. The van der Waals surface area contributed by atoms with Gasteiger partial charge in [0.1, 0.15) is 18.2 Å². The molecule has 0 spiro atoms. The van der Waals surface area contributed by atoms with Crippen LogP contribution in [0.5, 0.6) is 0 Å². The molecule has 0 unspecified atom stereocenters. The fourth-order valence-corrected chi connectivity index (χ4v) is 4.66. The number of rotatable bonds is 7. The maximum atomic E-state index is 13.4. The molecule has 0 atom stereocenters. The number of aryl methyl sites for hydroxylation is 1. The molecule has 2 heterocycles. The molecule has 0 aliphatic heterocycles. The van der Waals surface area contributed by atoms with Crippen LogP contribution >= 0.6 is 0 Å². The molecular formula is C33H25F4N3O2. The maximum absolute atomic E-state index is 13.4. The zero-order valence-electron chi connectivity index (χ0n) is 22.5. The van der Waals surface area contributed by atoms with E-state index in [4.69, 9.17) is 5.73 Å². The van der Waals surface area contributed by atoms with E-state index >= 15 is 0 Å². The third-order valence-electron chi connectivity index (χ3n) is 6.83. The molecule has 0 aliphatic carbocycles. The zero-order chi connectivity index (χ0) is 30.0. The molecule has 0 radical (unpaired) electrons. The average Bonchev–Trinajstić information content (AvgIpc) is 2.95. The predicted molar refractivity (Wildman–Crippen MR) is 154 cm³/mol. The van der Waals surface area contributed by atoms with Gasteiger partial charge in [0.15, 0.2) is 11.2 Å². The first-order valence-corrected chi connectivity index (χ1v) is 13.0. The van der Waals surface area contributed by atoms with Crippen molar-refractivity contribution >= 4 is 11.6 Å². The second-order valence-electron chi connectivity index (χ2n) is 10.0. The van der Waals surface area contributed by atoms with E-state index in [9.17, 15) is 27.2 Å². The van der Waals surface area contributed by atoms with E-state index in [1.807, 2.05) is 37.3 Å². The smallest absolute Gasteiger partial charge is 0.383 e. The summed E-state index contributed by atoms with van der Waals surface area (Å²) in [5, 5.41) is 0. The van der Waals surface area contributed by atoms with E-state index in [0.717, 1.165) is 51.3 Å². The Balaban J connectivity index is 1.43. The Morgan fingerprint density at radius 2 is 1.43 bits per heavy atom. The topological polar surface area (TPSA) is 78.0 Å². The number of nitrogens with two attached hydrogens (primary N) is 1. The number of benzene rings is 3. The van der Waals surface area contributed by atoms with Crippen LogP contribution in [-0.2, 0) is 13.0 Å². The number of aromatic nitrogens is 2. The number of halogens is 4. The average molecular weight is 572 g/mol. The van der Waals surface area contributed by atoms with Gasteiger partial charge in [-0.1, -0.05) is 66.2 Å². The highest BCUT2D eigenvalue weighted by molar-refractivity contribution is 5.98. The molecule has 9 heteroatoms. The number of anilines is 1. The van der Waals surface area contributed by atoms with Gasteiger partial charge in [0.2, 0.25) is 0 Å². The molecule has 0 saturated carbocycles. The fourth-order valence-electron chi connectivity index (χ4n) is 4.66. The summed E-state index contributed by atoms with van der Waals surface area (Å²) in [6.45, 7) is 0.608. The summed E-state index contributed by atoms with van der Waals surface area (Å²) < 4.78 is 53.8. The molecule has 2 N–H and O–H groups in total. The summed E-state index contributed by atoms with van der Waals surface area (Å²) in [7, 11) is 0. The van der Waals surface area contributed by atoms with Crippen molar-refractivity contribution in [3.63, 3.8) is 0 Å². The number of ketones is 1. The van der Waals surface area contributed by atoms with Crippen molar-refractivity contribution in [2.45, 2.75) is 26.1 Å². The SMILES string of the molecule is Cc1ccc(-c2cnc(N)c(-c3ccc(CC(=O)c4cn(CC(F)(F)F)cc(-c5ccc(F)cc5)c4=O)cc3)c2)cc1. The van der Waals surface area contributed by atoms with Crippen LogP contribution in [0.4, 0.5) is 23.4 Å². The number of nitrogen functional groups attached to an aromatic ring is 1. The maximum Gasteiger partial charge on any atom is 0.406 e. The van der Waals surface area contributed by atoms with Crippen LogP contribution in [0.15, 0.2) is 102 Å². The van der Waals surface area contributed by atoms with E-state index in [0.29, 0.717) is 16.9 Å². The summed E-state index contributed by atoms with van der Waals surface area (Å²) in [6.07, 6.45) is -1.16. The number of Topliss-reactive ketones (excluding diaryl/α,β-unsaturated/α-hetero) is 1. The third kappa shape index (κ3) is 6.46. The minimum Gasteiger partial charge on any atom is -0.383 e. The van der Waals surface area contributed by atoms with Gasteiger partial charge in [-0.3, -0.25) is 9.59 Å². The van der Waals surface area contributed by atoms with E-state index in [2.05, 4.69) is 4.98 Å². The van der Waals surface area contributed by atoms with Gasteiger partial charge in [0.25, 0.3) is 0 Å². The molecule has 5 rings (SSSR count). The molecule has 3 aromatic carbocycles. The molecule has 0 bridgehead atoms. The largest absolute Gasteiger partial charge is 0.406 e. The minimum atomic E-state index is -4.58. The van der Waals surface area contributed by atoms with Crippen molar-refractivity contribution < 1.29 is 22.4 Å². The Kier molecular flexibility index (Phi) is 7.76. The van der Waals surface area contributed by atoms with Crippen LogP contribution in [0.2, 0.25) is 0 Å². The van der Waals surface area contributed by atoms with Crippen LogP contribution in [-0.4, -0.2) is 21.5 Å². The van der Waals surface area contributed by atoms with Gasteiger partial charge in [0, 0.05) is 41.7 Å². The number of pyridine rings is 2. The molecule has 0 fully saturated rings. The van der Waals surface area contributed by atoms with Gasteiger partial charge in [-0.05, 0) is 47.4 Å². The first kappa shape index (κ1) is 28.5. The number of hydrogen-bond acceptors (Lipinski definition) is 4. The lowest BCUT2D eigenvalue weighted by atomic mass is 9.97. The Bertz CT molecular complexity index is 1810. The van der Waals surface area contributed by atoms with Crippen molar-refractivity contribution in [2.24, 2.45) is 0 Å². The number of hydrogen-bond donors (Lipinski definition) is 1. The number of nitrogens with zero attached hydrogens (tertiary/aromatic N) is 2. The summed E-state index contributed by atoms with van der Waals surface area (Å²) in [4.78, 5) is 30.8. The second-order valence-corrected chi connectivity index (χ2v) is 10.0. The minimum absolute atomic E-state index is 0.128. The molecule has 5 aromatic rings. The molecule has 2 aromatic heterocycles. The van der Waals surface area contributed by atoms with Crippen molar-refractivity contribution in [2.75, 3.05) is 5.73 Å². The molecule has 0 amide bonds. The highest BCUT2D eigenvalue weighted by Gasteiger charge is 2.28. The summed E-state index contributed by atoms with van der Waals surface area (Å²) in [5.74, 6) is -0.878. The van der Waals surface area contributed by atoms with Crippen molar-refractivity contribution in [1.82, 2.24) is 9.55 Å². The van der Waals surface area contributed by atoms with Gasteiger partial charge in [0.05, 0.1) is 5.56 Å². The molecule has 0 saturated heterocycles. The van der Waals surface area contributed by atoms with Crippen molar-refractivity contribution in [3.8, 4) is 33.4 Å². The first-order valence-electron chi connectivity index (χ1n) is 13.0. The summed E-state index contributed by atoms with van der Waals surface area (Å²) >= 11 is 0. The molecule has 212 valence electrons. The Morgan fingerprint density at radius 3 is 2.07 bits per heavy atom. The highest BCUT2D eigenvalue weighted by atomic mass is 19.4. The van der Waals surface area contributed by atoms with Crippen molar-refractivity contribution in [1.29, 1.82) is 0 Å². The number of alkyl halides is 3. The third-order valence-corrected chi connectivity index (χ3v) is 6.83. The van der Waals surface area contributed by atoms with Crippen LogP contribution in [0, 0.1) is 12.7 Å². The zero-order valence-corrected chi connectivity index (χ0v) is 22.5. The quantitative estimate of drug-likeness (QED) is 0.165. The van der Waals surface area contributed by atoms with Gasteiger partial charge in [-0.2, -0.15) is 13.2 Å². The second kappa shape index (κ2) is 11.4. The summed E-state index contributed by atoms with van der Waals surface area (Å²) in [5.41, 5.74) is 10.1. The van der Waals surface area contributed by atoms with E-state index < -0.39 is 29.8 Å². The summed E-state index contributed by atoms with van der Waals surface area (Å²) in [6, 6.07) is 21.6. The lowest BCUT2D eigenvalue weighted by Crippen LogP contribution is -2.24. The molecule has 5 nitrogen and oxygen atoms in total. The van der Waals surface area contributed by atoms with E-state index in [1.165, 1.54) is 12.1 Å². The van der Waals surface area contributed by atoms with Crippen LogP contribution < -0.4 is 11.2 Å². The van der Waals surface area contributed by atoms with Crippen LogP contribution in [0.3, 0.4) is 0 Å². The van der Waals surface area contributed by atoms with Gasteiger partial charge < -0.3 is 10.3 Å². The Labute approximate surface area is 238 Å². The molecule has 42 heavy (non-hydrogen) atoms. The predicted octanol–water partition coefficient (Wildman–Crippen LogP) is 7.26. The van der Waals surface area contributed by atoms with Gasteiger partial charge in [-0.15, -0.1) is 0 Å². The van der Waals surface area contributed by atoms with E-state index in [1.54, 1.807) is 30.5 Å². The van der Waals surface area contributed by atoms with Gasteiger partial charge >= 0.3 is 6.18 Å². The molecule has 0 aliphatic rings. The number of carbonyl (C=O) groups excluding carboxylic acids is 1. The fraction of sp³-hybridized carbons (Fsp3) is 0.121. The monoisotopic (exact) mass is 571 g/mol. The lowest BCUT2D eigenvalue weighted by molar-refractivity contribution is -0.140.